The molecule has 1 aromatic carbocycles. The first-order chi connectivity index (χ1) is 9.51. The lowest BCUT2D eigenvalue weighted by Crippen LogP contribution is -2.16. The van der Waals surface area contributed by atoms with Crippen molar-refractivity contribution in [1.29, 1.82) is 5.26 Å². The number of benzene rings is 1. The number of furan rings is 1. The highest BCUT2D eigenvalue weighted by molar-refractivity contribution is 5.84. The molecule has 1 heterocycles. The highest BCUT2D eigenvalue weighted by Gasteiger charge is 2.14. The second-order valence-electron chi connectivity index (χ2n) is 4.52. The van der Waals surface area contributed by atoms with Crippen LogP contribution < -0.4 is 4.90 Å². The number of nitriles is 1. The van der Waals surface area contributed by atoms with Crippen LogP contribution in [0, 0.1) is 18.3 Å². The fraction of sp³-hybridized carbons (Fsp3) is 0.200. The maximum Gasteiger partial charge on any atom is 0.371 e. The van der Waals surface area contributed by atoms with Gasteiger partial charge in [-0.1, -0.05) is 6.07 Å². The van der Waals surface area contributed by atoms with Gasteiger partial charge in [-0.2, -0.15) is 5.26 Å². The first-order valence-corrected chi connectivity index (χ1v) is 6.05. The summed E-state index contributed by atoms with van der Waals surface area (Å²) in [5.74, 6) is -0.546. The molecule has 0 bridgehead atoms. The first-order valence-electron chi connectivity index (χ1n) is 6.05. The Morgan fingerprint density at radius 1 is 1.45 bits per heavy atom. The summed E-state index contributed by atoms with van der Waals surface area (Å²) in [4.78, 5) is 12.8. The molecule has 0 unspecified atom stereocenters. The zero-order valence-corrected chi connectivity index (χ0v) is 11.3. The normalized spacial score (nSPS) is 10.1. The highest BCUT2D eigenvalue weighted by Crippen LogP contribution is 2.21. The molecule has 0 spiro atoms. The van der Waals surface area contributed by atoms with E-state index in [1.807, 2.05) is 24.1 Å². The molecule has 5 heteroatoms. The molecular weight excluding hydrogens is 256 g/mol. The Morgan fingerprint density at radius 3 is 2.80 bits per heavy atom. The number of hydrogen-bond acceptors (Lipinski definition) is 4. The molecule has 1 aromatic heterocycles. The van der Waals surface area contributed by atoms with Crippen LogP contribution in [0.1, 0.15) is 27.4 Å². The third kappa shape index (κ3) is 2.81. The number of carboxylic acid groups (broad SMARTS) is 1. The van der Waals surface area contributed by atoms with E-state index >= 15 is 0 Å². The Labute approximate surface area is 116 Å². The molecule has 0 atom stereocenters. The SMILES string of the molecule is Cc1oc(C(=O)O)cc1CN(C)c1cccc(C#N)c1. The Morgan fingerprint density at radius 2 is 2.20 bits per heavy atom. The van der Waals surface area contributed by atoms with Crippen molar-refractivity contribution in [2.45, 2.75) is 13.5 Å². The average Bonchev–Trinajstić information content (AvgIpc) is 2.80. The summed E-state index contributed by atoms with van der Waals surface area (Å²) in [5.41, 5.74) is 2.29. The van der Waals surface area contributed by atoms with Crippen LogP contribution in [0.15, 0.2) is 34.7 Å². The van der Waals surface area contributed by atoms with Gasteiger partial charge in [-0.3, -0.25) is 0 Å². The summed E-state index contributed by atoms with van der Waals surface area (Å²) in [5, 5.41) is 17.8. The number of carbonyl (C=O) groups is 1. The minimum absolute atomic E-state index is 0.0586. The number of hydrogen-bond donors (Lipinski definition) is 1. The van der Waals surface area contributed by atoms with Gasteiger partial charge < -0.3 is 14.4 Å². The second kappa shape index (κ2) is 5.49. The van der Waals surface area contributed by atoms with E-state index in [4.69, 9.17) is 14.8 Å². The molecule has 102 valence electrons. The van der Waals surface area contributed by atoms with E-state index in [2.05, 4.69) is 6.07 Å². The van der Waals surface area contributed by atoms with Gasteiger partial charge in [-0.05, 0) is 31.2 Å². The number of nitrogens with zero attached hydrogens (tertiary/aromatic N) is 2. The predicted molar refractivity (Wildman–Crippen MR) is 73.7 cm³/mol. The van der Waals surface area contributed by atoms with Crippen molar-refractivity contribution >= 4 is 11.7 Å². The number of aryl methyl sites for hydroxylation is 1. The minimum Gasteiger partial charge on any atom is -0.475 e. The molecular formula is C15H14N2O3. The largest absolute Gasteiger partial charge is 0.475 e. The molecule has 0 aliphatic carbocycles. The van der Waals surface area contributed by atoms with Gasteiger partial charge in [0.05, 0.1) is 11.6 Å². The van der Waals surface area contributed by atoms with Crippen LogP contribution in [0.25, 0.3) is 0 Å². The molecule has 1 N–H and O–H groups in total. The van der Waals surface area contributed by atoms with Gasteiger partial charge in [0.25, 0.3) is 0 Å². The van der Waals surface area contributed by atoms with Gasteiger partial charge in [0.15, 0.2) is 0 Å². The molecule has 20 heavy (non-hydrogen) atoms. The maximum absolute atomic E-state index is 10.9. The van der Waals surface area contributed by atoms with Crippen LogP contribution in [0.3, 0.4) is 0 Å². The minimum atomic E-state index is -1.08. The standard InChI is InChI=1S/C15H14N2O3/c1-10-12(7-14(20-10)15(18)19)9-17(2)13-5-3-4-11(6-13)8-16/h3-7H,9H2,1-2H3,(H,18,19). The average molecular weight is 270 g/mol. The van der Waals surface area contributed by atoms with E-state index in [9.17, 15) is 4.79 Å². The quantitative estimate of drug-likeness (QED) is 0.924. The summed E-state index contributed by atoms with van der Waals surface area (Å²) in [7, 11) is 1.88. The monoisotopic (exact) mass is 270 g/mol. The summed E-state index contributed by atoms with van der Waals surface area (Å²) in [6, 6.07) is 10.9. The van der Waals surface area contributed by atoms with E-state index in [1.54, 1.807) is 19.1 Å². The van der Waals surface area contributed by atoms with Gasteiger partial charge in [0.1, 0.15) is 5.76 Å². The van der Waals surface area contributed by atoms with E-state index in [0.29, 0.717) is 17.9 Å². The fourth-order valence-electron chi connectivity index (χ4n) is 1.94. The molecule has 0 fully saturated rings. The topological polar surface area (TPSA) is 77.5 Å². The van der Waals surface area contributed by atoms with Crippen molar-refractivity contribution in [2.24, 2.45) is 0 Å². The number of rotatable bonds is 4. The smallest absolute Gasteiger partial charge is 0.371 e. The molecule has 0 saturated heterocycles. The zero-order chi connectivity index (χ0) is 14.7. The lowest BCUT2D eigenvalue weighted by molar-refractivity contribution is 0.0661. The molecule has 0 saturated carbocycles. The van der Waals surface area contributed by atoms with Crippen molar-refractivity contribution in [2.75, 3.05) is 11.9 Å². The van der Waals surface area contributed by atoms with E-state index in [-0.39, 0.29) is 5.76 Å². The van der Waals surface area contributed by atoms with Crippen LogP contribution >= 0.6 is 0 Å². The Hall–Kier alpha value is -2.74. The zero-order valence-electron chi connectivity index (χ0n) is 11.3. The Balaban J connectivity index is 2.21. The first kappa shape index (κ1) is 13.7. The summed E-state index contributed by atoms with van der Waals surface area (Å²) >= 11 is 0. The van der Waals surface area contributed by atoms with Gasteiger partial charge >= 0.3 is 5.97 Å². The summed E-state index contributed by atoms with van der Waals surface area (Å²) in [6.45, 7) is 2.25. The van der Waals surface area contributed by atoms with Crippen molar-refractivity contribution in [3.8, 4) is 6.07 Å². The Kier molecular flexibility index (Phi) is 3.76. The summed E-state index contributed by atoms with van der Waals surface area (Å²) < 4.78 is 5.18. The van der Waals surface area contributed by atoms with Gasteiger partial charge in [-0.15, -0.1) is 0 Å². The van der Waals surface area contributed by atoms with Crippen LogP contribution in [0.5, 0.6) is 0 Å². The van der Waals surface area contributed by atoms with Crippen LogP contribution in [-0.2, 0) is 6.54 Å². The molecule has 0 radical (unpaired) electrons. The molecule has 2 rings (SSSR count). The van der Waals surface area contributed by atoms with Crippen molar-refractivity contribution < 1.29 is 14.3 Å². The second-order valence-corrected chi connectivity index (χ2v) is 4.52. The molecule has 2 aromatic rings. The third-order valence-corrected chi connectivity index (χ3v) is 3.05. The number of anilines is 1. The lowest BCUT2D eigenvalue weighted by atomic mass is 10.2. The van der Waals surface area contributed by atoms with E-state index < -0.39 is 5.97 Å². The van der Waals surface area contributed by atoms with Gasteiger partial charge in [-0.25, -0.2) is 4.79 Å². The molecule has 0 aliphatic rings. The third-order valence-electron chi connectivity index (χ3n) is 3.05. The van der Waals surface area contributed by atoms with Crippen molar-refractivity contribution in [3.63, 3.8) is 0 Å². The van der Waals surface area contributed by atoms with Crippen LogP contribution in [0.2, 0.25) is 0 Å². The van der Waals surface area contributed by atoms with Crippen molar-refractivity contribution in [1.82, 2.24) is 0 Å². The van der Waals surface area contributed by atoms with Crippen LogP contribution in [-0.4, -0.2) is 18.1 Å². The fourth-order valence-corrected chi connectivity index (χ4v) is 1.94. The maximum atomic E-state index is 10.9. The number of carboxylic acids is 1. The van der Waals surface area contributed by atoms with Crippen molar-refractivity contribution in [3.05, 3.63) is 53.0 Å². The molecule has 5 nitrogen and oxygen atoms in total. The van der Waals surface area contributed by atoms with Gasteiger partial charge in [0, 0.05) is 24.8 Å². The number of aromatic carboxylic acids is 1. The highest BCUT2D eigenvalue weighted by atomic mass is 16.4. The summed E-state index contributed by atoms with van der Waals surface area (Å²) in [6.07, 6.45) is 0. The predicted octanol–water partition coefficient (Wildman–Crippen LogP) is 2.79. The Bertz CT molecular complexity index is 683. The van der Waals surface area contributed by atoms with Gasteiger partial charge in [0.2, 0.25) is 5.76 Å². The van der Waals surface area contributed by atoms with E-state index in [0.717, 1.165) is 11.3 Å². The lowest BCUT2D eigenvalue weighted by Gasteiger charge is -2.19. The van der Waals surface area contributed by atoms with Crippen LogP contribution in [0.4, 0.5) is 5.69 Å². The molecule has 0 aliphatic heterocycles. The van der Waals surface area contributed by atoms with E-state index in [1.165, 1.54) is 6.07 Å². The molecule has 0 amide bonds.